The van der Waals surface area contributed by atoms with Crippen molar-refractivity contribution in [3.05, 3.63) is 0 Å². The monoisotopic (exact) mass is 232 g/mol. The van der Waals surface area contributed by atoms with Crippen molar-refractivity contribution < 1.29 is 4.74 Å². The standard InChI is InChI=1S/C9H18N2OS.C2H6/c1-8-6-10(3)7-9(8,2)12-5-4-11(8)13;1-2/h13H,4-7H2,1-3H3;1-2H3. The molecule has 2 rings (SSSR count). The van der Waals surface area contributed by atoms with Crippen molar-refractivity contribution in [2.24, 2.45) is 0 Å². The van der Waals surface area contributed by atoms with Crippen LogP contribution in [0.25, 0.3) is 0 Å². The van der Waals surface area contributed by atoms with Gasteiger partial charge in [-0.2, -0.15) is 0 Å². The number of fused-ring (bicyclic) bond motifs is 1. The number of likely N-dealkylation sites (N-methyl/N-ethyl adjacent to an activating group) is 1. The van der Waals surface area contributed by atoms with E-state index in [1.165, 1.54) is 0 Å². The zero-order valence-electron chi connectivity index (χ0n) is 10.6. The zero-order chi connectivity index (χ0) is 11.7. The second-order valence-corrected chi connectivity index (χ2v) is 5.13. The van der Waals surface area contributed by atoms with Crippen LogP contribution in [-0.4, -0.2) is 53.6 Å². The van der Waals surface area contributed by atoms with Crippen LogP contribution in [0, 0.1) is 0 Å². The molecule has 2 heterocycles. The van der Waals surface area contributed by atoms with E-state index in [-0.39, 0.29) is 11.1 Å². The summed E-state index contributed by atoms with van der Waals surface area (Å²) in [6, 6.07) is 0. The second kappa shape index (κ2) is 4.62. The molecule has 0 aromatic heterocycles. The smallest absolute Gasteiger partial charge is 0.0982 e. The largest absolute Gasteiger partial charge is 0.371 e. The minimum Gasteiger partial charge on any atom is -0.371 e. The third-order valence-electron chi connectivity index (χ3n) is 3.58. The Kier molecular flexibility index (Phi) is 4.09. The topological polar surface area (TPSA) is 15.7 Å². The molecule has 0 saturated carbocycles. The highest BCUT2D eigenvalue weighted by molar-refractivity contribution is 7.77. The van der Waals surface area contributed by atoms with E-state index in [1.54, 1.807) is 0 Å². The molecule has 0 spiro atoms. The summed E-state index contributed by atoms with van der Waals surface area (Å²) in [7, 11) is 2.14. The maximum atomic E-state index is 5.90. The van der Waals surface area contributed by atoms with Gasteiger partial charge in [-0.1, -0.05) is 26.7 Å². The Labute approximate surface area is 99.3 Å². The van der Waals surface area contributed by atoms with Gasteiger partial charge >= 0.3 is 0 Å². The normalized spacial score (nSPS) is 42.0. The van der Waals surface area contributed by atoms with E-state index in [0.717, 1.165) is 26.2 Å². The molecule has 2 atom stereocenters. The summed E-state index contributed by atoms with van der Waals surface area (Å²) in [6.45, 7) is 12.2. The fourth-order valence-electron chi connectivity index (χ4n) is 2.59. The lowest BCUT2D eigenvalue weighted by molar-refractivity contribution is -0.125. The number of morpholine rings is 1. The van der Waals surface area contributed by atoms with E-state index < -0.39 is 0 Å². The maximum absolute atomic E-state index is 5.90. The van der Waals surface area contributed by atoms with E-state index in [4.69, 9.17) is 4.74 Å². The first-order valence-electron chi connectivity index (χ1n) is 5.77. The van der Waals surface area contributed by atoms with Gasteiger partial charge in [0.25, 0.3) is 0 Å². The van der Waals surface area contributed by atoms with Crippen molar-refractivity contribution >= 4 is 12.8 Å². The summed E-state index contributed by atoms with van der Waals surface area (Å²) in [4.78, 5) is 2.31. The molecule has 0 N–H and O–H groups in total. The van der Waals surface area contributed by atoms with Crippen LogP contribution in [0.4, 0.5) is 0 Å². The second-order valence-electron chi connectivity index (χ2n) is 4.65. The molecule has 0 amide bonds. The third kappa shape index (κ3) is 2.05. The summed E-state index contributed by atoms with van der Waals surface area (Å²) < 4.78 is 8.04. The molecule has 15 heavy (non-hydrogen) atoms. The van der Waals surface area contributed by atoms with Crippen LogP contribution < -0.4 is 0 Å². The molecule has 0 radical (unpaired) electrons. The number of likely N-dealkylation sites (tertiary alicyclic amines) is 1. The summed E-state index contributed by atoms with van der Waals surface area (Å²) in [5, 5.41) is 0. The Balaban J connectivity index is 0.000000531. The van der Waals surface area contributed by atoms with Gasteiger partial charge in [0, 0.05) is 19.6 Å². The van der Waals surface area contributed by atoms with Crippen LogP contribution in [0.3, 0.4) is 0 Å². The van der Waals surface area contributed by atoms with Crippen LogP contribution in [0.5, 0.6) is 0 Å². The number of hydrogen-bond donors (Lipinski definition) is 1. The van der Waals surface area contributed by atoms with E-state index in [9.17, 15) is 0 Å². The number of thiol groups is 1. The predicted octanol–water partition coefficient (Wildman–Crippen LogP) is 1.65. The van der Waals surface area contributed by atoms with Gasteiger partial charge in [0.2, 0.25) is 0 Å². The fraction of sp³-hybridized carbons (Fsp3) is 1.00. The van der Waals surface area contributed by atoms with Gasteiger partial charge < -0.3 is 9.64 Å². The minimum atomic E-state index is -0.0538. The maximum Gasteiger partial charge on any atom is 0.0982 e. The quantitative estimate of drug-likeness (QED) is 0.640. The lowest BCUT2D eigenvalue weighted by Crippen LogP contribution is -2.63. The zero-order valence-corrected chi connectivity index (χ0v) is 11.5. The van der Waals surface area contributed by atoms with Gasteiger partial charge in [-0.05, 0) is 20.9 Å². The van der Waals surface area contributed by atoms with Gasteiger partial charge in [-0.3, -0.25) is 0 Å². The lowest BCUT2D eigenvalue weighted by Gasteiger charge is -2.49. The van der Waals surface area contributed by atoms with Crippen LogP contribution in [0.2, 0.25) is 0 Å². The Morgan fingerprint density at radius 1 is 1.20 bits per heavy atom. The van der Waals surface area contributed by atoms with Gasteiger partial charge in [0.05, 0.1) is 17.7 Å². The first-order valence-corrected chi connectivity index (χ1v) is 6.17. The van der Waals surface area contributed by atoms with Crippen molar-refractivity contribution in [2.75, 3.05) is 33.3 Å². The molecule has 2 saturated heterocycles. The molecular formula is C11H24N2OS. The molecule has 4 heteroatoms. The number of rotatable bonds is 0. The highest BCUT2D eigenvalue weighted by atomic mass is 32.1. The van der Waals surface area contributed by atoms with Crippen LogP contribution in [-0.2, 0) is 4.74 Å². The Morgan fingerprint density at radius 3 is 2.33 bits per heavy atom. The van der Waals surface area contributed by atoms with E-state index in [1.807, 2.05) is 13.8 Å². The van der Waals surface area contributed by atoms with Crippen LogP contribution in [0.15, 0.2) is 0 Å². The fourth-order valence-corrected chi connectivity index (χ4v) is 2.95. The molecule has 0 aromatic carbocycles. The molecule has 3 nitrogen and oxygen atoms in total. The summed E-state index contributed by atoms with van der Waals surface area (Å²) >= 11 is 4.54. The molecule has 0 bridgehead atoms. The van der Waals surface area contributed by atoms with Crippen molar-refractivity contribution in [1.29, 1.82) is 0 Å². The highest BCUT2D eigenvalue weighted by Crippen LogP contribution is 2.41. The van der Waals surface area contributed by atoms with E-state index in [0.29, 0.717) is 0 Å². The van der Waals surface area contributed by atoms with Crippen molar-refractivity contribution in [3.8, 4) is 0 Å². The first kappa shape index (κ1) is 13.3. The molecule has 90 valence electrons. The summed E-state index contributed by atoms with van der Waals surface area (Å²) in [5.41, 5.74) is 0.00482. The third-order valence-corrected chi connectivity index (χ3v) is 4.22. The van der Waals surface area contributed by atoms with E-state index in [2.05, 4.69) is 42.9 Å². The molecule has 0 aliphatic carbocycles. The summed E-state index contributed by atoms with van der Waals surface area (Å²) in [6.07, 6.45) is 0. The van der Waals surface area contributed by atoms with Crippen molar-refractivity contribution in [3.63, 3.8) is 0 Å². The van der Waals surface area contributed by atoms with Crippen LogP contribution in [0.1, 0.15) is 27.7 Å². The first-order chi connectivity index (χ1) is 6.98. The SMILES string of the molecule is CC.CN1CC2(C)OCCN(S)C2(C)C1. The predicted molar refractivity (Wildman–Crippen MR) is 67.3 cm³/mol. The highest BCUT2D eigenvalue weighted by Gasteiger charge is 2.56. The van der Waals surface area contributed by atoms with E-state index >= 15 is 0 Å². The average molecular weight is 232 g/mol. The molecule has 0 aromatic rings. The van der Waals surface area contributed by atoms with Gasteiger partial charge in [-0.25, -0.2) is 4.31 Å². The number of nitrogens with zero attached hydrogens (tertiary/aromatic N) is 2. The molecule has 2 unspecified atom stereocenters. The average Bonchev–Trinajstić information content (AvgIpc) is 2.41. The Hall–Kier alpha value is 0.230. The van der Waals surface area contributed by atoms with Gasteiger partial charge in [-0.15, -0.1) is 0 Å². The lowest BCUT2D eigenvalue weighted by atomic mass is 9.84. The van der Waals surface area contributed by atoms with Crippen molar-refractivity contribution in [1.82, 2.24) is 9.21 Å². The number of ether oxygens (including phenoxy) is 1. The Bertz CT molecular complexity index is 227. The summed E-state index contributed by atoms with van der Waals surface area (Å²) in [5.74, 6) is 0. The minimum absolute atomic E-state index is 0.0538. The molecule has 2 aliphatic heterocycles. The van der Waals surface area contributed by atoms with Crippen molar-refractivity contribution in [2.45, 2.75) is 38.8 Å². The van der Waals surface area contributed by atoms with Gasteiger partial charge in [0.1, 0.15) is 0 Å². The molecule has 2 aliphatic rings. The number of hydrogen-bond acceptors (Lipinski definition) is 4. The van der Waals surface area contributed by atoms with Gasteiger partial charge in [0.15, 0.2) is 0 Å². The molecular weight excluding hydrogens is 208 g/mol. The molecule has 2 fully saturated rings. The van der Waals surface area contributed by atoms with Crippen LogP contribution >= 0.6 is 12.8 Å². The Morgan fingerprint density at radius 2 is 1.80 bits per heavy atom.